The number of benzene rings is 1. The van der Waals surface area contributed by atoms with Gasteiger partial charge in [-0.05, 0) is 24.6 Å². The highest BCUT2D eigenvalue weighted by molar-refractivity contribution is 5.61. The Kier molecular flexibility index (Phi) is 4.83. The molecule has 4 aliphatic rings. The van der Waals surface area contributed by atoms with E-state index in [-0.39, 0.29) is 11.5 Å². The van der Waals surface area contributed by atoms with Crippen molar-refractivity contribution < 1.29 is 19.3 Å². The molecule has 3 aliphatic heterocycles. The summed E-state index contributed by atoms with van der Waals surface area (Å²) in [6, 6.07) is 4.24. The summed E-state index contributed by atoms with van der Waals surface area (Å²) in [6.07, 6.45) is 5.38. The second-order valence-electron chi connectivity index (χ2n) is 8.42. The van der Waals surface area contributed by atoms with Gasteiger partial charge in [0, 0.05) is 44.7 Å². The normalized spacial score (nSPS) is 32.4. The van der Waals surface area contributed by atoms with Gasteiger partial charge in [0.2, 0.25) is 0 Å². The Balaban J connectivity index is 1.43. The smallest absolute Gasteiger partial charge is 0.166 e. The molecule has 3 heterocycles. The summed E-state index contributed by atoms with van der Waals surface area (Å²) in [5.74, 6) is 1.69. The van der Waals surface area contributed by atoms with Gasteiger partial charge in [-0.1, -0.05) is 18.2 Å². The molecule has 0 saturated carbocycles. The van der Waals surface area contributed by atoms with Gasteiger partial charge in [-0.15, -0.1) is 0 Å². The van der Waals surface area contributed by atoms with E-state index in [0.29, 0.717) is 6.42 Å². The van der Waals surface area contributed by atoms with E-state index >= 15 is 0 Å². The van der Waals surface area contributed by atoms with Crippen molar-refractivity contribution in [1.29, 1.82) is 0 Å². The molecular weight excluding hydrogens is 356 g/mol. The van der Waals surface area contributed by atoms with E-state index in [0.717, 1.165) is 70.4 Å². The maximum absolute atomic E-state index is 10.2. The zero-order chi connectivity index (χ0) is 19.1. The topological polar surface area (TPSA) is 54.4 Å². The molecule has 1 spiro atoms. The Morgan fingerprint density at radius 3 is 2.82 bits per heavy atom. The number of rotatable bonds is 4. The van der Waals surface area contributed by atoms with Gasteiger partial charge in [0.1, 0.15) is 6.10 Å². The van der Waals surface area contributed by atoms with Crippen molar-refractivity contribution in [3.63, 3.8) is 0 Å². The third-order valence-corrected chi connectivity index (χ3v) is 6.87. The van der Waals surface area contributed by atoms with Crippen LogP contribution in [0.15, 0.2) is 24.3 Å². The van der Waals surface area contributed by atoms with Crippen LogP contribution in [0.5, 0.6) is 11.5 Å². The van der Waals surface area contributed by atoms with Gasteiger partial charge in [0.05, 0.1) is 31.8 Å². The molecule has 1 aliphatic carbocycles. The van der Waals surface area contributed by atoms with E-state index in [1.54, 1.807) is 7.11 Å². The van der Waals surface area contributed by atoms with Crippen LogP contribution in [0.3, 0.4) is 0 Å². The molecule has 0 aromatic heterocycles. The molecule has 28 heavy (non-hydrogen) atoms. The van der Waals surface area contributed by atoms with Crippen LogP contribution in [0.2, 0.25) is 0 Å². The first-order valence-electron chi connectivity index (χ1n) is 10.5. The van der Waals surface area contributed by atoms with Crippen LogP contribution in [0, 0.1) is 0 Å². The predicted molar refractivity (Wildman–Crippen MR) is 106 cm³/mol. The number of methoxy groups -OCH3 is 1. The molecule has 0 bridgehead atoms. The van der Waals surface area contributed by atoms with E-state index in [2.05, 4.69) is 21.9 Å². The number of hydrogen-bond donors (Lipinski definition) is 1. The summed E-state index contributed by atoms with van der Waals surface area (Å²) in [4.78, 5) is 5.07. The van der Waals surface area contributed by atoms with Crippen LogP contribution in [-0.2, 0) is 16.7 Å². The lowest BCUT2D eigenvalue weighted by Crippen LogP contribution is -2.44. The number of aliphatic hydroxyl groups is 1. The minimum atomic E-state index is -0.431. The van der Waals surface area contributed by atoms with E-state index in [1.807, 2.05) is 12.1 Å². The molecule has 6 heteroatoms. The van der Waals surface area contributed by atoms with Crippen molar-refractivity contribution in [2.45, 2.75) is 37.0 Å². The molecule has 0 amide bonds. The third-order valence-electron chi connectivity index (χ3n) is 6.87. The Labute approximate surface area is 166 Å². The molecule has 1 fully saturated rings. The average Bonchev–Trinajstić information content (AvgIpc) is 2.96. The SMILES string of the molecule is COc1ccc2c3c1OC1CC(O)C=CC31CCN(CCN1CCOCC1)C2. The fraction of sp³-hybridized carbons (Fsp3) is 0.636. The lowest BCUT2D eigenvalue weighted by molar-refractivity contribution is 0.0322. The monoisotopic (exact) mass is 386 g/mol. The number of hydrogen-bond acceptors (Lipinski definition) is 6. The lowest BCUT2D eigenvalue weighted by Gasteiger charge is -2.36. The number of nitrogens with zero attached hydrogens (tertiary/aromatic N) is 2. The van der Waals surface area contributed by atoms with Crippen molar-refractivity contribution >= 4 is 0 Å². The van der Waals surface area contributed by atoms with Crippen LogP contribution < -0.4 is 9.47 Å². The molecule has 1 aromatic carbocycles. The van der Waals surface area contributed by atoms with Crippen LogP contribution >= 0.6 is 0 Å². The zero-order valence-electron chi connectivity index (χ0n) is 16.6. The predicted octanol–water partition coefficient (Wildman–Crippen LogP) is 1.55. The fourth-order valence-electron chi connectivity index (χ4n) is 5.29. The van der Waals surface area contributed by atoms with E-state index in [4.69, 9.17) is 14.2 Å². The Morgan fingerprint density at radius 1 is 1.18 bits per heavy atom. The highest BCUT2D eigenvalue weighted by atomic mass is 16.5. The Morgan fingerprint density at radius 2 is 2.00 bits per heavy atom. The molecule has 152 valence electrons. The minimum Gasteiger partial charge on any atom is -0.493 e. The van der Waals surface area contributed by atoms with Gasteiger partial charge < -0.3 is 19.3 Å². The molecule has 5 rings (SSSR count). The number of morpholine rings is 1. The first kappa shape index (κ1) is 18.4. The van der Waals surface area contributed by atoms with Crippen molar-refractivity contribution in [2.75, 3.05) is 53.0 Å². The lowest BCUT2D eigenvalue weighted by atomic mass is 9.69. The van der Waals surface area contributed by atoms with Crippen LogP contribution in [-0.4, -0.2) is 80.2 Å². The summed E-state index contributed by atoms with van der Waals surface area (Å²) in [6.45, 7) is 7.88. The van der Waals surface area contributed by atoms with Crippen molar-refractivity contribution in [3.05, 3.63) is 35.4 Å². The molecular formula is C22H30N2O4. The third kappa shape index (κ3) is 3.03. The summed E-state index contributed by atoms with van der Waals surface area (Å²) in [5.41, 5.74) is 2.47. The van der Waals surface area contributed by atoms with Crippen LogP contribution in [0.1, 0.15) is 24.0 Å². The van der Waals surface area contributed by atoms with Crippen molar-refractivity contribution in [3.8, 4) is 11.5 Å². The zero-order valence-corrected chi connectivity index (χ0v) is 16.6. The second kappa shape index (κ2) is 7.34. The quantitative estimate of drug-likeness (QED) is 0.793. The number of aliphatic hydroxyl groups excluding tert-OH is 1. The maximum Gasteiger partial charge on any atom is 0.166 e. The van der Waals surface area contributed by atoms with Crippen LogP contribution in [0.4, 0.5) is 0 Å². The molecule has 0 radical (unpaired) electrons. The largest absolute Gasteiger partial charge is 0.493 e. The van der Waals surface area contributed by atoms with Crippen LogP contribution in [0.25, 0.3) is 0 Å². The molecule has 1 aromatic rings. The maximum atomic E-state index is 10.2. The van der Waals surface area contributed by atoms with Crippen molar-refractivity contribution in [1.82, 2.24) is 9.80 Å². The standard InChI is InChI=1S/C22H30N2O4/c1-26-18-3-2-16-15-24(9-8-23-10-12-27-13-11-23)7-6-22-5-4-17(25)14-19(22)28-21(18)20(16)22/h2-5,17,19,25H,6-15H2,1H3. The van der Waals surface area contributed by atoms with Gasteiger partial charge in [-0.3, -0.25) is 9.80 Å². The summed E-state index contributed by atoms with van der Waals surface area (Å²) >= 11 is 0. The van der Waals surface area contributed by atoms with Crippen molar-refractivity contribution in [2.24, 2.45) is 0 Å². The summed E-state index contributed by atoms with van der Waals surface area (Å²) in [7, 11) is 1.70. The molecule has 3 atom stereocenters. The molecule has 1 saturated heterocycles. The van der Waals surface area contributed by atoms with E-state index in [1.165, 1.54) is 11.1 Å². The van der Waals surface area contributed by atoms with E-state index < -0.39 is 6.10 Å². The summed E-state index contributed by atoms with van der Waals surface area (Å²) in [5, 5.41) is 10.2. The molecule has 6 nitrogen and oxygen atoms in total. The van der Waals surface area contributed by atoms with E-state index in [9.17, 15) is 5.11 Å². The first-order valence-corrected chi connectivity index (χ1v) is 10.5. The Bertz CT molecular complexity index is 761. The molecule has 1 N–H and O–H groups in total. The minimum absolute atomic E-state index is 0.0169. The van der Waals surface area contributed by atoms with Gasteiger partial charge in [0.25, 0.3) is 0 Å². The highest BCUT2D eigenvalue weighted by Gasteiger charge is 2.52. The fourth-order valence-corrected chi connectivity index (χ4v) is 5.29. The molecule has 3 unspecified atom stereocenters. The first-order chi connectivity index (χ1) is 13.7. The van der Waals surface area contributed by atoms with Gasteiger partial charge in [-0.25, -0.2) is 0 Å². The van der Waals surface area contributed by atoms with Gasteiger partial charge >= 0.3 is 0 Å². The average molecular weight is 386 g/mol. The van der Waals surface area contributed by atoms with Gasteiger partial charge in [-0.2, -0.15) is 0 Å². The number of ether oxygens (including phenoxy) is 3. The highest BCUT2D eigenvalue weighted by Crippen LogP contribution is 2.55. The van der Waals surface area contributed by atoms with Gasteiger partial charge in [0.15, 0.2) is 11.5 Å². The second-order valence-corrected chi connectivity index (χ2v) is 8.42. The Hall–Kier alpha value is -1.60. The summed E-state index contributed by atoms with van der Waals surface area (Å²) < 4.78 is 17.5.